The Morgan fingerprint density at radius 3 is 2.29 bits per heavy atom. The summed E-state index contributed by atoms with van der Waals surface area (Å²) in [6.07, 6.45) is -1.81. The Labute approximate surface area is 194 Å². The Bertz CT molecular complexity index is 856. The third kappa shape index (κ3) is 6.93. The summed E-state index contributed by atoms with van der Waals surface area (Å²) in [6.45, 7) is 9.41. The molecule has 0 bridgehead atoms. The van der Waals surface area contributed by atoms with Crippen molar-refractivity contribution in [3.8, 4) is 0 Å². The van der Waals surface area contributed by atoms with Crippen LogP contribution in [0.25, 0.3) is 0 Å². The van der Waals surface area contributed by atoms with Gasteiger partial charge in [-0.1, -0.05) is 68.2 Å². The lowest BCUT2D eigenvalue weighted by Gasteiger charge is -2.26. The van der Waals surface area contributed by atoms with Gasteiger partial charge in [-0.25, -0.2) is 4.79 Å². The minimum Gasteiger partial charge on any atom is -0.454 e. The van der Waals surface area contributed by atoms with Crippen LogP contribution in [0.3, 0.4) is 0 Å². The minimum absolute atomic E-state index is 0.171. The van der Waals surface area contributed by atoms with Crippen molar-refractivity contribution >= 4 is 29.2 Å². The van der Waals surface area contributed by atoms with Gasteiger partial charge in [0.25, 0.3) is 0 Å². The molecule has 3 rings (SSSR count). The predicted octanol–water partition coefficient (Wildman–Crippen LogP) is 6.41. The molecule has 1 N–H and O–H groups in total. The van der Waals surface area contributed by atoms with E-state index in [2.05, 4.69) is 0 Å². The van der Waals surface area contributed by atoms with Crippen molar-refractivity contribution in [1.82, 2.24) is 0 Å². The molecule has 0 aromatic heterocycles. The lowest BCUT2D eigenvalue weighted by Crippen LogP contribution is -2.31. The first-order valence-electron chi connectivity index (χ1n) is 10.4. The van der Waals surface area contributed by atoms with Crippen LogP contribution < -0.4 is 0 Å². The van der Waals surface area contributed by atoms with Gasteiger partial charge in [-0.05, 0) is 56.0 Å². The van der Waals surface area contributed by atoms with E-state index in [0.29, 0.717) is 27.6 Å². The number of ether oxygens (including phenoxy) is 3. The Hall–Kier alpha value is -1.63. The molecule has 1 aliphatic heterocycles. The molecule has 4 unspecified atom stereocenters. The van der Waals surface area contributed by atoms with Gasteiger partial charge in [0, 0.05) is 0 Å². The van der Waals surface area contributed by atoms with Crippen molar-refractivity contribution in [3.63, 3.8) is 0 Å². The number of hydrogen-bond acceptors (Lipinski definition) is 5. The lowest BCUT2D eigenvalue weighted by atomic mass is 9.93. The average Bonchev–Trinajstić information content (AvgIpc) is 3.04. The third-order valence-corrected chi connectivity index (χ3v) is 5.57. The van der Waals surface area contributed by atoms with Gasteiger partial charge in [0.2, 0.25) is 0 Å². The quantitative estimate of drug-likeness (QED) is 0.495. The number of aliphatic hydroxyl groups is 1. The first-order valence-corrected chi connectivity index (χ1v) is 11.2. The molecular formula is C24H30Cl2O5. The molecule has 1 fully saturated rings. The second-order valence-corrected chi connectivity index (χ2v) is 8.45. The van der Waals surface area contributed by atoms with Crippen LogP contribution in [0.15, 0.2) is 48.5 Å². The summed E-state index contributed by atoms with van der Waals surface area (Å²) in [6, 6.07) is 13.9. The molecule has 31 heavy (non-hydrogen) atoms. The van der Waals surface area contributed by atoms with E-state index in [-0.39, 0.29) is 5.92 Å². The van der Waals surface area contributed by atoms with Crippen LogP contribution in [0.5, 0.6) is 0 Å². The van der Waals surface area contributed by atoms with Crippen molar-refractivity contribution in [2.75, 3.05) is 0 Å². The molecule has 4 atom stereocenters. The number of carbonyl (C=O) groups is 1. The molecular weight excluding hydrogens is 439 g/mol. The summed E-state index contributed by atoms with van der Waals surface area (Å²) in [5, 5.41) is 11.0. The zero-order valence-corrected chi connectivity index (χ0v) is 20.0. The van der Waals surface area contributed by atoms with Crippen molar-refractivity contribution < 1.29 is 24.1 Å². The van der Waals surface area contributed by atoms with Crippen LogP contribution in [-0.2, 0) is 14.2 Å². The Kier molecular flexibility index (Phi) is 9.34. The van der Waals surface area contributed by atoms with E-state index >= 15 is 0 Å². The summed E-state index contributed by atoms with van der Waals surface area (Å²) in [4.78, 5) is 12.7. The van der Waals surface area contributed by atoms with E-state index in [1.54, 1.807) is 56.3 Å². The smallest absolute Gasteiger partial charge is 0.338 e. The molecule has 2 aromatic carbocycles. The Balaban J connectivity index is 0.00000166. The number of aliphatic hydroxyl groups excluding tert-OH is 1. The van der Waals surface area contributed by atoms with E-state index in [4.69, 9.17) is 37.4 Å². The average molecular weight is 469 g/mol. The van der Waals surface area contributed by atoms with E-state index in [1.165, 1.54) is 0 Å². The van der Waals surface area contributed by atoms with Crippen molar-refractivity contribution in [2.24, 2.45) is 5.92 Å². The molecule has 0 aliphatic carbocycles. The van der Waals surface area contributed by atoms with Crippen LogP contribution in [0.2, 0.25) is 10.0 Å². The number of esters is 1. The number of benzene rings is 2. The van der Waals surface area contributed by atoms with Gasteiger partial charge in [-0.2, -0.15) is 0 Å². The van der Waals surface area contributed by atoms with Crippen molar-refractivity contribution in [3.05, 3.63) is 69.7 Å². The molecule has 0 amide bonds. The number of carbonyl (C=O) groups excluding carboxylic acids is 1. The first kappa shape index (κ1) is 25.6. The molecule has 1 heterocycles. The maximum atomic E-state index is 12.7. The number of rotatable bonds is 6. The fourth-order valence-electron chi connectivity index (χ4n) is 3.38. The van der Waals surface area contributed by atoms with Gasteiger partial charge in [-0.15, -0.1) is 0 Å². The van der Waals surface area contributed by atoms with Crippen LogP contribution in [0, 0.1) is 5.92 Å². The highest BCUT2D eigenvalue weighted by Crippen LogP contribution is 2.37. The fourth-order valence-corrected chi connectivity index (χ4v) is 3.68. The maximum Gasteiger partial charge on any atom is 0.338 e. The number of hydrogen-bond donors (Lipinski definition) is 1. The highest BCUT2D eigenvalue weighted by molar-refractivity contribution is 6.42. The van der Waals surface area contributed by atoms with Crippen LogP contribution in [0.4, 0.5) is 0 Å². The molecule has 7 heteroatoms. The van der Waals surface area contributed by atoms with Gasteiger partial charge in [0.15, 0.2) is 12.1 Å². The summed E-state index contributed by atoms with van der Waals surface area (Å²) in [5.41, 5.74) is 1.16. The summed E-state index contributed by atoms with van der Waals surface area (Å²) < 4.78 is 17.1. The maximum absolute atomic E-state index is 12.7. The lowest BCUT2D eigenvalue weighted by molar-refractivity contribution is -0.175. The predicted molar refractivity (Wildman–Crippen MR) is 122 cm³/mol. The molecule has 2 aromatic rings. The third-order valence-electron chi connectivity index (χ3n) is 4.83. The minimum atomic E-state index is -1.06. The molecule has 0 radical (unpaired) electrons. The van der Waals surface area contributed by atoms with Gasteiger partial charge in [0.1, 0.15) is 12.2 Å². The summed E-state index contributed by atoms with van der Waals surface area (Å²) in [7, 11) is 0. The summed E-state index contributed by atoms with van der Waals surface area (Å²) in [5.74, 6) is -1.49. The molecule has 1 saturated heterocycles. The molecule has 5 nitrogen and oxygen atoms in total. The van der Waals surface area contributed by atoms with Crippen LogP contribution >= 0.6 is 23.2 Å². The van der Waals surface area contributed by atoms with Gasteiger partial charge < -0.3 is 19.3 Å². The van der Waals surface area contributed by atoms with Gasteiger partial charge in [0.05, 0.1) is 15.6 Å². The Morgan fingerprint density at radius 2 is 1.74 bits per heavy atom. The van der Waals surface area contributed by atoms with E-state index in [1.807, 2.05) is 26.8 Å². The Morgan fingerprint density at radius 1 is 1.10 bits per heavy atom. The van der Waals surface area contributed by atoms with Gasteiger partial charge in [-0.3, -0.25) is 0 Å². The standard InChI is InChI=1S/C22H24Cl2O5.C2H6/c1-13(19-21(26)29-22(2,3)28-19)11-18(15-9-10-16(23)17(24)12-15)27-20(25)14-7-5-4-6-8-14;1-2/h4-10,12-13,18-19,21,26H,11H2,1-3H3;1-2H3. The molecule has 0 spiro atoms. The molecule has 1 aliphatic rings. The summed E-state index contributed by atoms with van der Waals surface area (Å²) >= 11 is 12.2. The SMILES string of the molecule is CC.CC(CC(OC(=O)c1ccccc1)c1ccc(Cl)c(Cl)c1)C1OC(C)(C)OC1O. The number of halogens is 2. The molecule has 170 valence electrons. The highest BCUT2D eigenvalue weighted by atomic mass is 35.5. The molecule has 0 saturated carbocycles. The van der Waals surface area contributed by atoms with E-state index in [9.17, 15) is 9.90 Å². The van der Waals surface area contributed by atoms with Crippen molar-refractivity contribution in [2.45, 2.75) is 65.3 Å². The van der Waals surface area contributed by atoms with Crippen molar-refractivity contribution in [1.29, 1.82) is 0 Å². The fraction of sp³-hybridized carbons (Fsp3) is 0.458. The second-order valence-electron chi connectivity index (χ2n) is 7.64. The van der Waals surface area contributed by atoms with E-state index < -0.39 is 30.3 Å². The largest absolute Gasteiger partial charge is 0.454 e. The monoisotopic (exact) mass is 468 g/mol. The highest BCUT2D eigenvalue weighted by Gasteiger charge is 2.43. The first-order chi connectivity index (χ1) is 14.7. The second kappa shape index (κ2) is 11.3. The van der Waals surface area contributed by atoms with Crippen LogP contribution in [-0.4, -0.2) is 29.3 Å². The van der Waals surface area contributed by atoms with E-state index in [0.717, 1.165) is 0 Å². The normalized spacial score (nSPS) is 21.5. The van der Waals surface area contributed by atoms with Gasteiger partial charge >= 0.3 is 5.97 Å². The topological polar surface area (TPSA) is 65.0 Å². The van der Waals surface area contributed by atoms with Crippen LogP contribution in [0.1, 0.15) is 63.1 Å². The zero-order chi connectivity index (χ0) is 23.2. The zero-order valence-electron chi connectivity index (χ0n) is 18.5.